The van der Waals surface area contributed by atoms with Crippen LogP contribution in [-0.4, -0.2) is 30.8 Å². The van der Waals surface area contributed by atoms with Gasteiger partial charge in [0.1, 0.15) is 0 Å². The van der Waals surface area contributed by atoms with Crippen LogP contribution in [0.3, 0.4) is 0 Å². The Labute approximate surface area is 124 Å². The number of hydrogen-bond donors (Lipinski definition) is 1. The number of fused-ring (bicyclic) bond motifs is 2. The number of amides is 1. The Hall–Kier alpha value is -1.50. The lowest BCUT2D eigenvalue weighted by molar-refractivity contribution is -0.117. The quantitative estimate of drug-likeness (QED) is 0.913. The zero-order valence-electron chi connectivity index (χ0n) is 11.9. The van der Waals surface area contributed by atoms with E-state index in [1.165, 1.54) is 31.4 Å². The van der Waals surface area contributed by atoms with Crippen molar-refractivity contribution >= 4 is 21.6 Å². The molecule has 7 heteroatoms. The summed E-state index contributed by atoms with van der Waals surface area (Å²) in [5.74, 6) is 2.26. The number of nitrogens with zero attached hydrogens (tertiary/aromatic N) is 2. The largest absolute Gasteiger partial charge is 0.309 e. The molecule has 3 atom stereocenters. The minimum absolute atomic E-state index is 0.0612. The molecule has 3 unspecified atom stereocenters. The second-order valence-corrected chi connectivity index (χ2v) is 8.18. The normalized spacial score (nSPS) is 27.8. The Balaban J connectivity index is 1.57. The fourth-order valence-electron chi connectivity index (χ4n) is 3.64. The first-order chi connectivity index (χ1) is 9.91. The second kappa shape index (κ2) is 5.36. The zero-order chi connectivity index (χ0) is 15.0. The standard InChI is InChI=1S/C14H19N3O3S/c1-21(19,20)14-5-4-12(16-17-14)15-13(18)8-11-7-9-2-3-10(11)6-9/h4-5,9-11H,2-3,6-8H2,1H3,(H,15,16,18). The molecule has 1 N–H and O–H groups in total. The van der Waals surface area contributed by atoms with Gasteiger partial charge in [0.15, 0.2) is 20.7 Å². The van der Waals surface area contributed by atoms with E-state index in [1.54, 1.807) is 0 Å². The lowest BCUT2D eigenvalue weighted by atomic mass is 9.86. The van der Waals surface area contributed by atoms with Crippen LogP contribution in [0, 0.1) is 17.8 Å². The highest BCUT2D eigenvalue weighted by atomic mass is 32.2. The van der Waals surface area contributed by atoms with Gasteiger partial charge in [-0.05, 0) is 49.1 Å². The summed E-state index contributed by atoms with van der Waals surface area (Å²) in [7, 11) is -3.36. The second-order valence-electron chi connectivity index (χ2n) is 6.22. The van der Waals surface area contributed by atoms with Crippen molar-refractivity contribution < 1.29 is 13.2 Å². The van der Waals surface area contributed by atoms with Crippen molar-refractivity contribution in [2.75, 3.05) is 11.6 Å². The monoisotopic (exact) mass is 309 g/mol. The SMILES string of the molecule is CS(=O)(=O)c1ccc(NC(=O)CC2CC3CCC2C3)nn1. The fourth-order valence-corrected chi connectivity index (χ4v) is 4.15. The van der Waals surface area contributed by atoms with Gasteiger partial charge in [0.05, 0.1) is 0 Å². The molecule has 1 aromatic heterocycles. The molecule has 2 aliphatic rings. The topological polar surface area (TPSA) is 89.0 Å². The minimum Gasteiger partial charge on any atom is -0.309 e. The molecule has 2 aliphatic carbocycles. The molecule has 3 rings (SSSR count). The van der Waals surface area contributed by atoms with E-state index in [9.17, 15) is 13.2 Å². The number of anilines is 1. The molecule has 21 heavy (non-hydrogen) atoms. The summed E-state index contributed by atoms with van der Waals surface area (Å²) in [5.41, 5.74) is 0. The van der Waals surface area contributed by atoms with Crippen molar-refractivity contribution in [2.45, 2.75) is 37.1 Å². The molecule has 2 fully saturated rings. The fraction of sp³-hybridized carbons (Fsp3) is 0.643. The number of nitrogens with one attached hydrogen (secondary N) is 1. The number of hydrogen-bond acceptors (Lipinski definition) is 5. The maximum Gasteiger partial charge on any atom is 0.225 e. The lowest BCUT2D eigenvalue weighted by Crippen LogP contribution is -2.21. The summed E-state index contributed by atoms with van der Waals surface area (Å²) in [6.07, 6.45) is 6.62. The summed E-state index contributed by atoms with van der Waals surface area (Å²) in [5, 5.41) is 9.98. The summed E-state index contributed by atoms with van der Waals surface area (Å²) in [6.45, 7) is 0. The van der Waals surface area contributed by atoms with Crippen molar-refractivity contribution in [2.24, 2.45) is 17.8 Å². The van der Waals surface area contributed by atoms with Gasteiger partial charge in [-0.2, -0.15) is 0 Å². The highest BCUT2D eigenvalue weighted by Crippen LogP contribution is 2.49. The Morgan fingerprint density at radius 1 is 1.29 bits per heavy atom. The van der Waals surface area contributed by atoms with Crippen LogP contribution >= 0.6 is 0 Å². The van der Waals surface area contributed by atoms with Gasteiger partial charge in [-0.3, -0.25) is 4.79 Å². The molecule has 114 valence electrons. The van der Waals surface area contributed by atoms with E-state index in [1.807, 2.05) is 0 Å². The molecular formula is C14H19N3O3S. The van der Waals surface area contributed by atoms with Crippen LogP contribution in [0.25, 0.3) is 0 Å². The molecule has 0 radical (unpaired) electrons. The summed E-state index contributed by atoms with van der Waals surface area (Å²) >= 11 is 0. The first kappa shape index (κ1) is 14.4. The summed E-state index contributed by atoms with van der Waals surface area (Å²) in [6, 6.07) is 2.83. The van der Waals surface area contributed by atoms with E-state index in [4.69, 9.17) is 0 Å². The van der Waals surface area contributed by atoms with Gasteiger partial charge in [0.25, 0.3) is 0 Å². The number of carbonyl (C=O) groups is 1. The number of sulfone groups is 1. The van der Waals surface area contributed by atoms with Gasteiger partial charge in [0.2, 0.25) is 5.91 Å². The molecule has 0 aliphatic heterocycles. The number of carbonyl (C=O) groups excluding carboxylic acids is 1. The summed E-state index contributed by atoms with van der Waals surface area (Å²) < 4.78 is 22.6. The van der Waals surface area contributed by atoms with E-state index >= 15 is 0 Å². The van der Waals surface area contributed by atoms with Crippen LogP contribution in [-0.2, 0) is 14.6 Å². The Morgan fingerprint density at radius 2 is 2.10 bits per heavy atom. The molecule has 1 aromatic rings. The van der Waals surface area contributed by atoms with Gasteiger partial charge in [-0.25, -0.2) is 8.42 Å². The van der Waals surface area contributed by atoms with Gasteiger partial charge in [0, 0.05) is 12.7 Å². The van der Waals surface area contributed by atoms with Crippen LogP contribution < -0.4 is 5.32 Å². The van der Waals surface area contributed by atoms with Gasteiger partial charge >= 0.3 is 0 Å². The molecule has 1 heterocycles. The van der Waals surface area contributed by atoms with E-state index in [2.05, 4.69) is 15.5 Å². The molecule has 2 saturated carbocycles. The maximum atomic E-state index is 12.0. The first-order valence-corrected chi connectivity index (χ1v) is 9.14. The molecule has 0 saturated heterocycles. The Kier molecular flexibility index (Phi) is 3.69. The highest BCUT2D eigenvalue weighted by molar-refractivity contribution is 7.90. The average Bonchev–Trinajstić information content (AvgIpc) is 3.00. The van der Waals surface area contributed by atoms with E-state index in [-0.39, 0.29) is 10.9 Å². The van der Waals surface area contributed by atoms with Crippen LogP contribution in [0.2, 0.25) is 0 Å². The van der Waals surface area contributed by atoms with Crippen molar-refractivity contribution in [1.29, 1.82) is 0 Å². The number of rotatable bonds is 4. The molecule has 1 amide bonds. The van der Waals surface area contributed by atoms with E-state index in [0.717, 1.165) is 18.6 Å². The average molecular weight is 309 g/mol. The maximum absolute atomic E-state index is 12.0. The molecule has 2 bridgehead atoms. The molecular weight excluding hydrogens is 290 g/mol. The van der Waals surface area contributed by atoms with E-state index < -0.39 is 9.84 Å². The van der Waals surface area contributed by atoms with Crippen LogP contribution in [0.15, 0.2) is 17.2 Å². The van der Waals surface area contributed by atoms with Crippen LogP contribution in [0.1, 0.15) is 32.1 Å². The zero-order valence-corrected chi connectivity index (χ0v) is 12.8. The third-order valence-corrected chi connectivity index (χ3v) is 5.60. The van der Waals surface area contributed by atoms with Gasteiger partial charge in [-0.15, -0.1) is 10.2 Å². The third kappa shape index (κ3) is 3.23. The predicted octanol–water partition coefficient (Wildman–Crippen LogP) is 1.64. The van der Waals surface area contributed by atoms with Gasteiger partial charge < -0.3 is 5.32 Å². The van der Waals surface area contributed by atoms with E-state index in [0.29, 0.717) is 24.1 Å². The van der Waals surface area contributed by atoms with Crippen LogP contribution in [0.4, 0.5) is 5.82 Å². The molecule has 0 spiro atoms. The summed E-state index contributed by atoms with van der Waals surface area (Å²) in [4.78, 5) is 12.0. The number of aromatic nitrogens is 2. The van der Waals surface area contributed by atoms with Crippen molar-refractivity contribution in [3.8, 4) is 0 Å². The van der Waals surface area contributed by atoms with Crippen molar-refractivity contribution in [1.82, 2.24) is 10.2 Å². The minimum atomic E-state index is -3.36. The van der Waals surface area contributed by atoms with Crippen molar-refractivity contribution in [3.05, 3.63) is 12.1 Å². The first-order valence-electron chi connectivity index (χ1n) is 7.25. The lowest BCUT2D eigenvalue weighted by Gasteiger charge is -2.20. The Morgan fingerprint density at radius 3 is 2.62 bits per heavy atom. The third-order valence-electron chi connectivity index (χ3n) is 4.62. The van der Waals surface area contributed by atoms with Gasteiger partial charge in [-0.1, -0.05) is 6.42 Å². The Bertz CT molecular complexity index is 642. The van der Waals surface area contributed by atoms with Crippen LogP contribution in [0.5, 0.6) is 0 Å². The predicted molar refractivity (Wildman–Crippen MR) is 77.3 cm³/mol. The highest BCUT2D eigenvalue weighted by Gasteiger charge is 2.40. The smallest absolute Gasteiger partial charge is 0.225 e. The molecule has 0 aromatic carbocycles. The molecule has 6 nitrogen and oxygen atoms in total. The van der Waals surface area contributed by atoms with Crippen molar-refractivity contribution in [3.63, 3.8) is 0 Å².